The van der Waals surface area contributed by atoms with Crippen molar-refractivity contribution in [2.45, 2.75) is 47.1 Å². The van der Waals surface area contributed by atoms with E-state index in [9.17, 15) is 4.79 Å². The van der Waals surface area contributed by atoms with Crippen molar-refractivity contribution in [2.24, 2.45) is 10.4 Å². The van der Waals surface area contributed by atoms with Gasteiger partial charge in [0.2, 0.25) is 5.91 Å². The van der Waals surface area contributed by atoms with Crippen LogP contribution in [-0.4, -0.2) is 48.5 Å². The molecule has 1 aliphatic rings. The minimum Gasteiger partial charge on any atom is -0.492 e. The third-order valence-corrected chi connectivity index (χ3v) is 5.25. The molecule has 1 saturated heterocycles. The van der Waals surface area contributed by atoms with E-state index >= 15 is 0 Å². The summed E-state index contributed by atoms with van der Waals surface area (Å²) in [6, 6.07) is 7.39. The molecular weight excluding hydrogens is 455 g/mol. The Labute approximate surface area is 180 Å². The zero-order chi connectivity index (χ0) is 19.4. The van der Waals surface area contributed by atoms with Gasteiger partial charge >= 0.3 is 0 Å². The first-order chi connectivity index (χ1) is 12.2. The molecule has 0 spiro atoms. The fourth-order valence-electron chi connectivity index (χ4n) is 2.98. The summed E-state index contributed by atoms with van der Waals surface area (Å²) in [4.78, 5) is 18.2. The third-order valence-electron chi connectivity index (χ3n) is 5.25. The van der Waals surface area contributed by atoms with Crippen molar-refractivity contribution in [2.75, 3.05) is 31.6 Å². The molecule has 152 valence electrons. The Balaban J connectivity index is 0.00000364. The van der Waals surface area contributed by atoms with E-state index in [2.05, 4.69) is 50.2 Å². The predicted molar refractivity (Wildman–Crippen MR) is 122 cm³/mol. The normalized spacial score (nSPS) is 17.4. The highest BCUT2D eigenvalue weighted by atomic mass is 127. The van der Waals surface area contributed by atoms with E-state index < -0.39 is 0 Å². The van der Waals surface area contributed by atoms with E-state index in [-0.39, 0.29) is 40.8 Å². The number of benzene rings is 1. The summed E-state index contributed by atoms with van der Waals surface area (Å²) in [6.45, 7) is 15.5. The summed E-state index contributed by atoms with van der Waals surface area (Å²) in [5.41, 5.74) is 1.07. The molecule has 1 aromatic carbocycles. The number of amides is 1. The summed E-state index contributed by atoms with van der Waals surface area (Å²) in [7, 11) is 0. The number of anilines is 1. The molecule has 0 unspecified atom stereocenters. The SMILES string of the molecule is CCNC(=NCCOc1cccc(NC(C)=O)c1)N1CC(C)(C)C1(C)C.I. The Bertz CT molecular complexity index is 674. The van der Waals surface area contributed by atoms with Crippen LogP contribution in [0.5, 0.6) is 5.75 Å². The van der Waals surface area contributed by atoms with Crippen molar-refractivity contribution in [1.29, 1.82) is 0 Å². The molecule has 1 fully saturated rings. The van der Waals surface area contributed by atoms with Crippen LogP contribution in [0.1, 0.15) is 41.5 Å². The molecular formula is C20H33IN4O2. The smallest absolute Gasteiger partial charge is 0.221 e. The monoisotopic (exact) mass is 488 g/mol. The van der Waals surface area contributed by atoms with Gasteiger partial charge in [-0.15, -0.1) is 24.0 Å². The number of hydrogen-bond donors (Lipinski definition) is 2. The van der Waals surface area contributed by atoms with Gasteiger partial charge in [-0.05, 0) is 32.9 Å². The Kier molecular flexibility index (Phi) is 8.38. The zero-order valence-electron chi connectivity index (χ0n) is 17.3. The van der Waals surface area contributed by atoms with E-state index in [1.54, 1.807) is 0 Å². The van der Waals surface area contributed by atoms with Gasteiger partial charge in [0.15, 0.2) is 5.96 Å². The molecule has 0 radical (unpaired) electrons. The molecule has 1 heterocycles. The van der Waals surface area contributed by atoms with Crippen molar-refractivity contribution < 1.29 is 9.53 Å². The largest absolute Gasteiger partial charge is 0.492 e. The van der Waals surface area contributed by atoms with Crippen LogP contribution in [0.3, 0.4) is 0 Å². The second kappa shape index (κ2) is 9.61. The van der Waals surface area contributed by atoms with Gasteiger partial charge in [-0.25, -0.2) is 4.99 Å². The number of likely N-dealkylation sites (tertiary alicyclic amines) is 1. The lowest BCUT2D eigenvalue weighted by atomic mass is 9.65. The zero-order valence-corrected chi connectivity index (χ0v) is 19.6. The molecule has 0 aliphatic carbocycles. The van der Waals surface area contributed by atoms with Crippen LogP contribution < -0.4 is 15.4 Å². The van der Waals surface area contributed by atoms with Crippen LogP contribution in [0.15, 0.2) is 29.3 Å². The van der Waals surface area contributed by atoms with Gasteiger partial charge in [0.25, 0.3) is 0 Å². The first kappa shape index (κ1) is 23.5. The highest BCUT2D eigenvalue weighted by molar-refractivity contribution is 14.0. The van der Waals surface area contributed by atoms with Crippen molar-refractivity contribution in [3.8, 4) is 5.75 Å². The highest BCUT2D eigenvalue weighted by Crippen LogP contribution is 2.46. The maximum absolute atomic E-state index is 11.1. The van der Waals surface area contributed by atoms with Gasteiger partial charge < -0.3 is 20.3 Å². The van der Waals surface area contributed by atoms with Gasteiger partial charge in [0.1, 0.15) is 12.4 Å². The van der Waals surface area contributed by atoms with Crippen LogP contribution in [0.2, 0.25) is 0 Å². The van der Waals surface area contributed by atoms with Crippen molar-refractivity contribution in [3.63, 3.8) is 0 Å². The number of halogens is 1. The van der Waals surface area contributed by atoms with Crippen molar-refractivity contribution in [3.05, 3.63) is 24.3 Å². The molecule has 1 aliphatic heterocycles. The fraction of sp³-hybridized carbons (Fsp3) is 0.600. The van der Waals surface area contributed by atoms with Crippen LogP contribution in [0, 0.1) is 5.41 Å². The van der Waals surface area contributed by atoms with E-state index in [0.717, 1.165) is 30.5 Å². The fourth-order valence-corrected chi connectivity index (χ4v) is 2.98. The summed E-state index contributed by atoms with van der Waals surface area (Å²) in [6.07, 6.45) is 0. The average Bonchev–Trinajstić information content (AvgIpc) is 2.55. The number of ether oxygens (including phenoxy) is 1. The number of carbonyl (C=O) groups excluding carboxylic acids is 1. The van der Waals surface area contributed by atoms with E-state index in [0.29, 0.717) is 13.2 Å². The number of nitrogens with one attached hydrogen (secondary N) is 2. The van der Waals surface area contributed by atoms with Crippen LogP contribution in [0.25, 0.3) is 0 Å². The van der Waals surface area contributed by atoms with Gasteiger partial charge in [-0.1, -0.05) is 19.9 Å². The van der Waals surface area contributed by atoms with Crippen LogP contribution >= 0.6 is 24.0 Å². The van der Waals surface area contributed by atoms with Crippen molar-refractivity contribution in [1.82, 2.24) is 10.2 Å². The summed E-state index contributed by atoms with van der Waals surface area (Å²) in [5.74, 6) is 1.57. The maximum atomic E-state index is 11.1. The van der Waals surface area contributed by atoms with E-state index in [1.807, 2.05) is 24.3 Å². The molecule has 2 N–H and O–H groups in total. The summed E-state index contributed by atoms with van der Waals surface area (Å²) in [5, 5.41) is 6.13. The quantitative estimate of drug-likeness (QED) is 0.277. The number of aliphatic imine (C=N–C) groups is 1. The maximum Gasteiger partial charge on any atom is 0.221 e. The molecule has 0 bridgehead atoms. The Morgan fingerprint density at radius 2 is 2.00 bits per heavy atom. The molecule has 0 saturated carbocycles. The first-order valence-corrected chi connectivity index (χ1v) is 9.24. The Morgan fingerprint density at radius 1 is 1.30 bits per heavy atom. The number of hydrogen-bond acceptors (Lipinski definition) is 3. The first-order valence-electron chi connectivity index (χ1n) is 9.24. The minimum absolute atomic E-state index is 0. The van der Waals surface area contributed by atoms with Gasteiger partial charge in [-0.3, -0.25) is 4.79 Å². The second-order valence-corrected chi connectivity index (χ2v) is 7.82. The molecule has 0 aromatic heterocycles. The second-order valence-electron chi connectivity index (χ2n) is 7.82. The Hall–Kier alpha value is -1.51. The lowest BCUT2D eigenvalue weighted by molar-refractivity contribution is -0.114. The van der Waals surface area contributed by atoms with Gasteiger partial charge in [0.05, 0.1) is 6.54 Å². The van der Waals surface area contributed by atoms with Crippen LogP contribution in [0.4, 0.5) is 5.69 Å². The summed E-state index contributed by atoms with van der Waals surface area (Å²) >= 11 is 0. The van der Waals surface area contributed by atoms with E-state index in [1.165, 1.54) is 6.92 Å². The van der Waals surface area contributed by atoms with Gasteiger partial charge in [0, 0.05) is 42.7 Å². The molecule has 1 aromatic rings. The predicted octanol–water partition coefficient (Wildman–Crippen LogP) is 3.73. The molecule has 2 rings (SSSR count). The highest BCUT2D eigenvalue weighted by Gasteiger charge is 2.53. The minimum atomic E-state index is -0.0953. The standard InChI is InChI=1S/C20H32N4O2.HI/c1-7-21-18(24-14-19(3,4)20(24,5)6)22-11-12-26-17-10-8-9-16(13-17)23-15(2)25;/h8-10,13H,7,11-12,14H2,1-6H3,(H,21,22)(H,23,25);1H. The van der Waals surface area contributed by atoms with Crippen LogP contribution in [-0.2, 0) is 4.79 Å². The lowest BCUT2D eigenvalue weighted by Gasteiger charge is -2.62. The molecule has 7 heteroatoms. The van der Waals surface area contributed by atoms with E-state index in [4.69, 9.17) is 9.73 Å². The number of guanidine groups is 1. The average molecular weight is 488 g/mol. The molecule has 1 amide bonds. The Morgan fingerprint density at radius 3 is 2.56 bits per heavy atom. The number of carbonyl (C=O) groups is 1. The number of nitrogens with zero attached hydrogens (tertiary/aromatic N) is 2. The van der Waals surface area contributed by atoms with Gasteiger partial charge in [-0.2, -0.15) is 0 Å². The van der Waals surface area contributed by atoms with Crippen molar-refractivity contribution >= 4 is 41.5 Å². The molecule has 6 nitrogen and oxygen atoms in total. The number of rotatable bonds is 6. The lowest BCUT2D eigenvalue weighted by Crippen LogP contribution is -2.72. The summed E-state index contributed by atoms with van der Waals surface area (Å²) < 4.78 is 5.78. The topological polar surface area (TPSA) is 66.0 Å². The molecule has 27 heavy (non-hydrogen) atoms. The third kappa shape index (κ3) is 5.73. The molecule has 0 atom stereocenters.